The molecule has 1 amide bonds. The number of hydrogen-bond acceptors (Lipinski definition) is 3. The van der Waals surface area contributed by atoms with Crippen LogP contribution in [0.2, 0.25) is 0 Å². The second-order valence-corrected chi connectivity index (χ2v) is 7.37. The lowest BCUT2D eigenvalue weighted by Gasteiger charge is -2.37. The number of rotatable bonds is 1. The van der Waals surface area contributed by atoms with Crippen LogP contribution in [-0.4, -0.2) is 36.0 Å². The molecule has 4 heteroatoms. The Bertz CT molecular complexity index is 473. The summed E-state index contributed by atoms with van der Waals surface area (Å²) >= 11 is 1.74. The molecule has 0 saturated carbocycles. The third kappa shape index (κ3) is 2.77. The number of nitrogens with zero attached hydrogens (tertiary/aromatic N) is 1. The Balaban J connectivity index is 1.80. The van der Waals surface area contributed by atoms with Gasteiger partial charge in [-0.1, -0.05) is 6.42 Å². The van der Waals surface area contributed by atoms with Gasteiger partial charge in [0, 0.05) is 30.1 Å². The molecule has 0 spiro atoms. The molecular formula is C16H24N2OS. The summed E-state index contributed by atoms with van der Waals surface area (Å²) in [6.07, 6.45) is 6.21. The fraction of sp³-hybridized carbons (Fsp3) is 0.688. The predicted octanol–water partition coefficient (Wildman–Crippen LogP) is 2.84. The molecule has 2 unspecified atom stereocenters. The standard InChI is InChI=1S/C16H24N2OS/c1-11-10-18(12(2)9-17-11)16(19)15-8-13-6-4-3-5-7-14(13)20-15/h8,11-12,17H,3-7,9-10H2,1-2H3. The first-order valence-corrected chi connectivity index (χ1v) is 8.62. The number of carbonyl (C=O) groups excluding carboxylic acids is 1. The molecule has 20 heavy (non-hydrogen) atoms. The first-order valence-electron chi connectivity index (χ1n) is 7.81. The Morgan fingerprint density at radius 2 is 2.10 bits per heavy atom. The molecule has 1 aliphatic carbocycles. The minimum Gasteiger partial charge on any atom is -0.332 e. The van der Waals surface area contributed by atoms with Crippen molar-refractivity contribution < 1.29 is 4.79 Å². The van der Waals surface area contributed by atoms with Crippen molar-refractivity contribution in [1.82, 2.24) is 10.2 Å². The molecule has 1 saturated heterocycles. The van der Waals surface area contributed by atoms with Crippen molar-refractivity contribution in [1.29, 1.82) is 0 Å². The van der Waals surface area contributed by atoms with E-state index >= 15 is 0 Å². The van der Waals surface area contributed by atoms with Crippen LogP contribution in [0.5, 0.6) is 0 Å². The van der Waals surface area contributed by atoms with Gasteiger partial charge < -0.3 is 10.2 Å². The van der Waals surface area contributed by atoms with E-state index in [4.69, 9.17) is 0 Å². The van der Waals surface area contributed by atoms with E-state index in [9.17, 15) is 4.79 Å². The first-order chi connectivity index (χ1) is 9.65. The van der Waals surface area contributed by atoms with Gasteiger partial charge >= 0.3 is 0 Å². The van der Waals surface area contributed by atoms with Crippen LogP contribution in [0.4, 0.5) is 0 Å². The molecule has 1 aromatic heterocycles. The molecule has 0 radical (unpaired) electrons. The smallest absolute Gasteiger partial charge is 0.264 e. The minimum atomic E-state index is 0.240. The Kier molecular flexibility index (Phi) is 4.13. The summed E-state index contributed by atoms with van der Waals surface area (Å²) in [5.41, 5.74) is 1.44. The number of hydrogen-bond donors (Lipinski definition) is 1. The molecular weight excluding hydrogens is 268 g/mol. The van der Waals surface area contributed by atoms with Gasteiger partial charge in [-0.3, -0.25) is 4.79 Å². The monoisotopic (exact) mass is 292 g/mol. The maximum Gasteiger partial charge on any atom is 0.264 e. The van der Waals surface area contributed by atoms with Gasteiger partial charge in [0.2, 0.25) is 0 Å². The van der Waals surface area contributed by atoms with Crippen molar-refractivity contribution in [2.24, 2.45) is 0 Å². The van der Waals surface area contributed by atoms with Crippen LogP contribution >= 0.6 is 11.3 Å². The van der Waals surface area contributed by atoms with Gasteiger partial charge in [0.15, 0.2) is 0 Å². The number of aryl methyl sites for hydroxylation is 2. The van der Waals surface area contributed by atoms with Crippen LogP contribution in [0.15, 0.2) is 6.07 Å². The summed E-state index contributed by atoms with van der Waals surface area (Å²) in [6.45, 7) is 6.01. The molecule has 110 valence electrons. The number of thiophene rings is 1. The fourth-order valence-corrected chi connectivity index (χ4v) is 4.43. The zero-order chi connectivity index (χ0) is 14.1. The van der Waals surface area contributed by atoms with E-state index in [0.29, 0.717) is 12.1 Å². The number of carbonyl (C=O) groups is 1. The van der Waals surface area contributed by atoms with E-state index < -0.39 is 0 Å². The van der Waals surface area contributed by atoms with Crippen molar-refractivity contribution in [3.05, 3.63) is 21.4 Å². The SMILES string of the molecule is CC1CN(C(=O)c2cc3c(s2)CCCCC3)C(C)CN1. The van der Waals surface area contributed by atoms with Crippen LogP contribution in [-0.2, 0) is 12.8 Å². The molecule has 2 heterocycles. The van der Waals surface area contributed by atoms with Crippen molar-refractivity contribution in [3.63, 3.8) is 0 Å². The van der Waals surface area contributed by atoms with E-state index in [1.54, 1.807) is 11.3 Å². The summed E-state index contributed by atoms with van der Waals surface area (Å²) in [7, 11) is 0. The zero-order valence-electron chi connectivity index (χ0n) is 12.4. The quantitative estimate of drug-likeness (QED) is 0.807. The Morgan fingerprint density at radius 3 is 2.95 bits per heavy atom. The highest BCUT2D eigenvalue weighted by Crippen LogP contribution is 2.30. The second-order valence-electron chi connectivity index (χ2n) is 6.24. The molecule has 1 N–H and O–H groups in total. The fourth-order valence-electron chi connectivity index (χ4n) is 3.22. The van der Waals surface area contributed by atoms with Crippen molar-refractivity contribution in [2.75, 3.05) is 13.1 Å². The van der Waals surface area contributed by atoms with Crippen LogP contribution in [0, 0.1) is 0 Å². The third-order valence-corrected chi connectivity index (χ3v) is 5.71. The number of nitrogens with one attached hydrogen (secondary N) is 1. The molecule has 0 bridgehead atoms. The minimum absolute atomic E-state index is 0.240. The predicted molar refractivity (Wildman–Crippen MR) is 83.5 cm³/mol. The molecule has 3 rings (SSSR count). The highest BCUT2D eigenvalue weighted by Gasteiger charge is 2.29. The van der Waals surface area contributed by atoms with Crippen molar-refractivity contribution >= 4 is 17.2 Å². The summed E-state index contributed by atoms with van der Waals surface area (Å²) in [5.74, 6) is 0.240. The Hall–Kier alpha value is -0.870. The van der Waals surface area contributed by atoms with Gasteiger partial charge in [-0.25, -0.2) is 0 Å². The van der Waals surface area contributed by atoms with Gasteiger partial charge in [-0.2, -0.15) is 0 Å². The third-order valence-electron chi connectivity index (χ3n) is 4.48. The summed E-state index contributed by atoms with van der Waals surface area (Å²) < 4.78 is 0. The Morgan fingerprint density at radius 1 is 1.30 bits per heavy atom. The first kappa shape index (κ1) is 14.1. The lowest BCUT2D eigenvalue weighted by Crippen LogP contribution is -2.56. The Labute approximate surface area is 125 Å². The van der Waals surface area contributed by atoms with Crippen LogP contribution in [0.25, 0.3) is 0 Å². The van der Waals surface area contributed by atoms with Gasteiger partial charge in [-0.15, -0.1) is 11.3 Å². The van der Waals surface area contributed by atoms with Gasteiger partial charge in [0.25, 0.3) is 5.91 Å². The summed E-state index contributed by atoms with van der Waals surface area (Å²) in [6, 6.07) is 2.86. The maximum absolute atomic E-state index is 12.8. The molecule has 1 aromatic rings. The van der Waals surface area contributed by atoms with Crippen LogP contribution < -0.4 is 5.32 Å². The van der Waals surface area contributed by atoms with Gasteiger partial charge in [0.1, 0.15) is 0 Å². The topological polar surface area (TPSA) is 32.3 Å². The van der Waals surface area contributed by atoms with E-state index in [1.807, 2.05) is 4.90 Å². The number of fused-ring (bicyclic) bond motifs is 1. The van der Waals surface area contributed by atoms with Crippen molar-refractivity contribution in [3.8, 4) is 0 Å². The normalized spacial score (nSPS) is 27.0. The largest absolute Gasteiger partial charge is 0.332 e. The zero-order valence-corrected chi connectivity index (χ0v) is 13.3. The van der Waals surface area contributed by atoms with Gasteiger partial charge in [0.05, 0.1) is 4.88 Å². The van der Waals surface area contributed by atoms with E-state index in [2.05, 4.69) is 25.2 Å². The average molecular weight is 292 g/mol. The molecule has 1 aliphatic heterocycles. The highest BCUT2D eigenvalue weighted by molar-refractivity contribution is 7.14. The molecule has 0 aromatic carbocycles. The highest BCUT2D eigenvalue weighted by atomic mass is 32.1. The van der Waals surface area contributed by atoms with Gasteiger partial charge in [-0.05, 0) is 51.2 Å². The molecule has 3 nitrogen and oxygen atoms in total. The maximum atomic E-state index is 12.8. The van der Waals surface area contributed by atoms with E-state index in [1.165, 1.54) is 36.1 Å². The lowest BCUT2D eigenvalue weighted by atomic mass is 10.1. The van der Waals surface area contributed by atoms with E-state index in [0.717, 1.165) is 24.4 Å². The van der Waals surface area contributed by atoms with E-state index in [-0.39, 0.29) is 5.91 Å². The summed E-state index contributed by atoms with van der Waals surface area (Å²) in [4.78, 5) is 17.2. The molecule has 1 fully saturated rings. The number of amides is 1. The molecule has 2 aliphatic rings. The number of piperazine rings is 1. The van der Waals surface area contributed by atoms with Crippen LogP contribution in [0.1, 0.15) is 53.2 Å². The summed E-state index contributed by atoms with van der Waals surface area (Å²) in [5, 5.41) is 3.43. The average Bonchev–Trinajstić information content (AvgIpc) is 2.72. The van der Waals surface area contributed by atoms with Crippen molar-refractivity contribution in [2.45, 2.75) is 58.0 Å². The molecule has 2 atom stereocenters. The second kappa shape index (κ2) is 5.86. The lowest BCUT2D eigenvalue weighted by molar-refractivity contribution is 0.0621. The van der Waals surface area contributed by atoms with Crippen LogP contribution in [0.3, 0.4) is 0 Å².